The molecule has 10 heteroatoms. The average Bonchev–Trinajstić information content (AvgIpc) is 3.40. The number of benzene rings is 2. The number of halogens is 1. The zero-order valence-electron chi connectivity index (χ0n) is 16.4. The molecule has 0 aliphatic carbocycles. The number of carbonyl (C=O) groups excluding carboxylic acids is 1. The van der Waals surface area contributed by atoms with E-state index in [1.54, 1.807) is 42.5 Å². The molecule has 4 rings (SSSR count). The van der Waals surface area contributed by atoms with E-state index in [1.807, 2.05) is 12.1 Å². The molecule has 160 valence electrons. The standard InChI is InChI=1S/C22H15ClN4O4S/c23-17-8-6-15(7-9-17)12-20-21(28)26(14-19-5-2-10-31-19)22(32-20)25-24-13-16-3-1-4-18(11-16)27(29)30/h1-13H,14H2/b20-12-,24-13-,25-22+. The number of rotatable bonds is 6. The first kappa shape index (κ1) is 21.5. The number of nitro benzene ring substituents is 1. The molecule has 2 heterocycles. The summed E-state index contributed by atoms with van der Waals surface area (Å²) in [4.78, 5) is 25.4. The molecule has 1 amide bonds. The molecule has 0 saturated carbocycles. The minimum absolute atomic E-state index is 0.0420. The Labute approximate surface area is 192 Å². The van der Waals surface area contributed by atoms with Crippen LogP contribution in [0.25, 0.3) is 6.08 Å². The Bertz CT molecular complexity index is 1240. The maximum atomic E-state index is 13.0. The van der Waals surface area contributed by atoms with Gasteiger partial charge in [-0.25, -0.2) is 0 Å². The van der Waals surface area contributed by atoms with Gasteiger partial charge in [0, 0.05) is 22.7 Å². The van der Waals surface area contributed by atoms with Crippen molar-refractivity contribution in [2.75, 3.05) is 0 Å². The minimum Gasteiger partial charge on any atom is -0.467 e. The molecule has 1 aliphatic rings. The summed E-state index contributed by atoms with van der Waals surface area (Å²) in [5.74, 6) is 0.368. The molecule has 1 saturated heterocycles. The fraction of sp³-hybridized carbons (Fsp3) is 0.0455. The Kier molecular flexibility index (Phi) is 6.48. The highest BCUT2D eigenvalue weighted by molar-refractivity contribution is 8.18. The molecule has 0 N–H and O–H groups in total. The lowest BCUT2D eigenvalue weighted by atomic mass is 10.2. The molecule has 8 nitrogen and oxygen atoms in total. The summed E-state index contributed by atoms with van der Waals surface area (Å²) in [5.41, 5.74) is 1.30. The quantitative estimate of drug-likeness (QED) is 0.211. The van der Waals surface area contributed by atoms with Crippen molar-refractivity contribution in [3.63, 3.8) is 0 Å². The Morgan fingerprint density at radius 1 is 1.12 bits per heavy atom. The van der Waals surface area contributed by atoms with E-state index < -0.39 is 4.92 Å². The molecule has 1 aliphatic heterocycles. The highest BCUT2D eigenvalue weighted by atomic mass is 35.5. The van der Waals surface area contributed by atoms with Gasteiger partial charge in [-0.3, -0.25) is 19.8 Å². The van der Waals surface area contributed by atoms with Gasteiger partial charge in [0.1, 0.15) is 5.76 Å². The van der Waals surface area contributed by atoms with Crippen LogP contribution < -0.4 is 0 Å². The van der Waals surface area contributed by atoms with E-state index in [2.05, 4.69) is 10.2 Å². The lowest BCUT2D eigenvalue weighted by molar-refractivity contribution is -0.384. The van der Waals surface area contributed by atoms with Gasteiger partial charge in [0.05, 0.1) is 28.9 Å². The van der Waals surface area contributed by atoms with Crippen LogP contribution in [-0.4, -0.2) is 27.1 Å². The Morgan fingerprint density at radius 3 is 2.66 bits per heavy atom. The van der Waals surface area contributed by atoms with E-state index in [1.165, 1.54) is 41.3 Å². The topological polar surface area (TPSA) is 101 Å². The van der Waals surface area contributed by atoms with Crippen molar-refractivity contribution in [3.8, 4) is 0 Å². The Balaban J connectivity index is 1.61. The van der Waals surface area contributed by atoms with E-state index in [0.29, 0.717) is 26.4 Å². The van der Waals surface area contributed by atoms with Crippen molar-refractivity contribution in [2.45, 2.75) is 6.54 Å². The Morgan fingerprint density at radius 2 is 1.94 bits per heavy atom. The van der Waals surface area contributed by atoms with Gasteiger partial charge in [0.25, 0.3) is 11.6 Å². The number of nitrogens with zero attached hydrogens (tertiary/aromatic N) is 4. The highest BCUT2D eigenvalue weighted by Gasteiger charge is 2.34. The maximum Gasteiger partial charge on any atom is 0.270 e. The number of amides is 1. The number of furan rings is 1. The lowest BCUT2D eigenvalue weighted by Gasteiger charge is -2.12. The number of carbonyl (C=O) groups is 1. The van der Waals surface area contributed by atoms with Crippen molar-refractivity contribution in [1.29, 1.82) is 0 Å². The van der Waals surface area contributed by atoms with Gasteiger partial charge in [0.2, 0.25) is 0 Å². The largest absolute Gasteiger partial charge is 0.467 e. The number of nitro groups is 1. The van der Waals surface area contributed by atoms with Crippen molar-refractivity contribution in [1.82, 2.24) is 4.90 Å². The SMILES string of the molecule is O=C1/C(=C/c2ccc(Cl)cc2)S/C(=N/N=C\c2cccc([N+](=O)[O-])c2)N1Cc1ccco1. The van der Waals surface area contributed by atoms with Crippen LogP contribution >= 0.6 is 23.4 Å². The third-order valence-corrected chi connectivity index (χ3v) is 5.63. The maximum absolute atomic E-state index is 13.0. The van der Waals surface area contributed by atoms with Gasteiger partial charge < -0.3 is 4.42 Å². The summed E-state index contributed by atoms with van der Waals surface area (Å²) in [6, 6.07) is 16.7. The van der Waals surface area contributed by atoms with Crippen molar-refractivity contribution in [3.05, 3.63) is 104 Å². The van der Waals surface area contributed by atoms with Gasteiger partial charge in [-0.2, -0.15) is 5.10 Å². The highest BCUT2D eigenvalue weighted by Crippen LogP contribution is 2.34. The van der Waals surface area contributed by atoms with Gasteiger partial charge in [-0.05, 0) is 47.7 Å². The smallest absolute Gasteiger partial charge is 0.270 e. The molecular weight excluding hydrogens is 452 g/mol. The van der Waals surface area contributed by atoms with E-state index in [4.69, 9.17) is 16.0 Å². The molecule has 0 atom stereocenters. The fourth-order valence-corrected chi connectivity index (χ4v) is 3.92. The summed E-state index contributed by atoms with van der Waals surface area (Å²) in [7, 11) is 0. The second-order valence-electron chi connectivity index (χ2n) is 6.61. The molecule has 3 aromatic rings. The molecule has 1 aromatic heterocycles. The number of hydrogen-bond acceptors (Lipinski definition) is 7. The second kappa shape index (κ2) is 9.63. The van der Waals surface area contributed by atoms with Crippen LogP contribution in [0.2, 0.25) is 5.02 Å². The molecule has 0 spiro atoms. The fourth-order valence-electron chi connectivity index (χ4n) is 2.85. The number of non-ortho nitro benzene ring substituents is 1. The predicted octanol–water partition coefficient (Wildman–Crippen LogP) is 5.35. The zero-order valence-corrected chi connectivity index (χ0v) is 18.0. The summed E-state index contributed by atoms with van der Waals surface area (Å²) in [6.45, 7) is 0.196. The Hall–Kier alpha value is -3.69. The minimum atomic E-state index is -0.479. The van der Waals surface area contributed by atoms with E-state index in [9.17, 15) is 14.9 Å². The third kappa shape index (κ3) is 5.13. The van der Waals surface area contributed by atoms with Crippen LogP contribution in [-0.2, 0) is 11.3 Å². The van der Waals surface area contributed by atoms with Crippen LogP contribution in [0.1, 0.15) is 16.9 Å². The molecular formula is C22H15ClN4O4S. The summed E-state index contributed by atoms with van der Waals surface area (Å²) in [6.07, 6.45) is 4.69. The predicted molar refractivity (Wildman–Crippen MR) is 124 cm³/mol. The van der Waals surface area contributed by atoms with Gasteiger partial charge in [-0.1, -0.05) is 35.9 Å². The average molecular weight is 467 g/mol. The molecule has 0 radical (unpaired) electrons. The number of hydrogen-bond donors (Lipinski definition) is 0. The first-order valence-corrected chi connectivity index (χ1v) is 10.5. The molecule has 2 aromatic carbocycles. The van der Waals surface area contributed by atoms with Gasteiger partial charge in [0.15, 0.2) is 5.17 Å². The van der Waals surface area contributed by atoms with Crippen LogP contribution in [0.5, 0.6) is 0 Å². The lowest BCUT2D eigenvalue weighted by Crippen LogP contribution is -2.28. The molecule has 0 unspecified atom stereocenters. The van der Waals surface area contributed by atoms with E-state index >= 15 is 0 Å². The van der Waals surface area contributed by atoms with Crippen molar-refractivity contribution in [2.24, 2.45) is 10.2 Å². The summed E-state index contributed by atoms with van der Waals surface area (Å²) >= 11 is 7.12. The molecule has 0 bridgehead atoms. The van der Waals surface area contributed by atoms with E-state index in [-0.39, 0.29) is 18.1 Å². The number of amidine groups is 1. The van der Waals surface area contributed by atoms with Crippen molar-refractivity contribution >= 4 is 52.4 Å². The normalized spacial score (nSPS) is 16.5. The van der Waals surface area contributed by atoms with E-state index in [0.717, 1.165) is 5.56 Å². The zero-order chi connectivity index (χ0) is 22.5. The number of thioether (sulfide) groups is 1. The van der Waals surface area contributed by atoms with Crippen LogP contribution in [0, 0.1) is 10.1 Å². The van der Waals surface area contributed by atoms with Gasteiger partial charge >= 0.3 is 0 Å². The summed E-state index contributed by atoms with van der Waals surface area (Å²) in [5, 5.41) is 20.1. The van der Waals surface area contributed by atoms with Crippen molar-refractivity contribution < 1.29 is 14.1 Å². The van der Waals surface area contributed by atoms with Crippen LogP contribution in [0.3, 0.4) is 0 Å². The molecule has 32 heavy (non-hydrogen) atoms. The first-order chi connectivity index (χ1) is 15.5. The van der Waals surface area contributed by atoms with Crippen LogP contribution in [0.15, 0.2) is 86.5 Å². The van der Waals surface area contributed by atoms with Gasteiger partial charge in [-0.15, -0.1) is 5.10 Å². The third-order valence-electron chi connectivity index (χ3n) is 4.38. The monoisotopic (exact) mass is 466 g/mol. The first-order valence-electron chi connectivity index (χ1n) is 9.34. The molecule has 1 fully saturated rings. The van der Waals surface area contributed by atoms with Crippen LogP contribution in [0.4, 0.5) is 5.69 Å². The second-order valence-corrected chi connectivity index (χ2v) is 8.06. The summed E-state index contributed by atoms with van der Waals surface area (Å²) < 4.78 is 5.37.